The third-order valence-corrected chi connectivity index (χ3v) is 6.26. The number of hydrogen-bond acceptors (Lipinski definition) is 6. The van der Waals surface area contributed by atoms with Gasteiger partial charge >= 0.3 is 0 Å². The van der Waals surface area contributed by atoms with Crippen molar-refractivity contribution in [2.24, 2.45) is 11.8 Å². The van der Waals surface area contributed by atoms with Crippen LogP contribution in [0.15, 0.2) is 24.3 Å². The highest BCUT2D eigenvalue weighted by atomic mass is 19.2. The summed E-state index contributed by atoms with van der Waals surface area (Å²) in [5.41, 5.74) is -0.887. The number of aliphatic hydroxyl groups excluding tert-OH is 6. The topological polar surface area (TPSA) is 121 Å². The number of aryl methyl sites for hydroxylation is 1. The van der Waals surface area contributed by atoms with Crippen molar-refractivity contribution in [1.82, 2.24) is 0 Å². The lowest BCUT2D eigenvalue weighted by Gasteiger charge is -2.35. The smallest absolute Gasteiger partial charge is 0.162 e. The van der Waals surface area contributed by atoms with Crippen molar-refractivity contribution in [2.75, 3.05) is 6.61 Å². The van der Waals surface area contributed by atoms with E-state index in [4.69, 9.17) is 5.11 Å². The van der Waals surface area contributed by atoms with Gasteiger partial charge in [0.05, 0.1) is 12.7 Å². The van der Waals surface area contributed by atoms with E-state index in [9.17, 15) is 51.9 Å². The molecule has 2 rings (SSSR count). The van der Waals surface area contributed by atoms with Crippen molar-refractivity contribution in [1.29, 1.82) is 0 Å². The van der Waals surface area contributed by atoms with E-state index in [1.54, 1.807) is 0 Å². The van der Waals surface area contributed by atoms with Gasteiger partial charge in [-0.15, -0.1) is 0 Å². The van der Waals surface area contributed by atoms with E-state index in [2.05, 4.69) is 0 Å². The summed E-state index contributed by atoms with van der Waals surface area (Å²) in [4.78, 5) is 0. The third kappa shape index (κ3) is 7.17. The Kier molecular flexibility index (Phi) is 10.7. The van der Waals surface area contributed by atoms with Gasteiger partial charge in [0.25, 0.3) is 0 Å². The summed E-state index contributed by atoms with van der Waals surface area (Å²) < 4.78 is 82.9. The van der Waals surface area contributed by atoms with Gasteiger partial charge in [0.2, 0.25) is 0 Å². The van der Waals surface area contributed by atoms with E-state index in [0.29, 0.717) is 18.2 Å². The molecule has 0 bridgehead atoms. The summed E-state index contributed by atoms with van der Waals surface area (Å²) in [7, 11) is 0. The first-order chi connectivity index (χ1) is 16.8. The van der Waals surface area contributed by atoms with E-state index in [1.807, 2.05) is 0 Å². The molecule has 0 saturated carbocycles. The number of hydrogen-bond donors (Lipinski definition) is 6. The summed E-state index contributed by atoms with van der Waals surface area (Å²) in [6.45, 7) is 0.428. The van der Waals surface area contributed by atoms with Gasteiger partial charge in [-0.1, -0.05) is 6.92 Å². The van der Waals surface area contributed by atoms with Crippen molar-refractivity contribution in [3.05, 3.63) is 70.3 Å². The van der Waals surface area contributed by atoms with Crippen LogP contribution in [0.5, 0.6) is 0 Å². The Bertz CT molecular complexity index is 1030. The molecule has 12 heteroatoms. The first-order valence-electron chi connectivity index (χ1n) is 11.1. The second kappa shape index (κ2) is 12.8. The van der Waals surface area contributed by atoms with Crippen LogP contribution in [-0.4, -0.2) is 67.8 Å². The average molecular weight is 526 g/mol. The summed E-state index contributed by atoms with van der Waals surface area (Å²) in [6, 6.07) is 2.04. The Hall–Kier alpha value is -2.22. The maximum atomic E-state index is 14.3. The monoisotopic (exact) mass is 526 g/mol. The molecule has 36 heavy (non-hydrogen) atoms. The lowest BCUT2D eigenvalue weighted by Crippen LogP contribution is -2.52. The summed E-state index contributed by atoms with van der Waals surface area (Å²) in [5.74, 6) is -10.0. The molecule has 6 N–H and O–H groups in total. The van der Waals surface area contributed by atoms with Gasteiger partial charge in [0.15, 0.2) is 23.3 Å². The number of halogens is 6. The van der Waals surface area contributed by atoms with Crippen LogP contribution in [0.25, 0.3) is 0 Å². The van der Waals surface area contributed by atoms with E-state index in [0.717, 1.165) is 6.07 Å². The molecule has 0 aliphatic carbocycles. The summed E-state index contributed by atoms with van der Waals surface area (Å²) in [6.07, 6.45) is -11.4. The Morgan fingerprint density at radius 1 is 0.667 bits per heavy atom. The van der Waals surface area contributed by atoms with E-state index in [-0.39, 0.29) is 18.4 Å². The molecule has 0 amide bonds. The van der Waals surface area contributed by atoms with Gasteiger partial charge in [-0.2, -0.15) is 0 Å². The molecule has 7 atom stereocenters. The average Bonchev–Trinajstić information content (AvgIpc) is 2.83. The van der Waals surface area contributed by atoms with E-state index < -0.39 is 95.9 Å². The fraction of sp³-hybridized carbons (Fsp3) is 0.500. The van der Waals surface area contributed by atoms with Crippen molar-refractivity contribution in [3.8, 4) is 0 Å². The van der Waals surface area contributed by atoms with Crippen molar-refractivity contribution in [3.63, 3.8) is 0 Å². The molecule has 0 fully saturated rings. The summed E-state index contributed by atoms with van der Waals surface area (Å²) >= 11 is 0. The fourth-order valence-corrected chi connectivity index (χ4v) is 4.05. The molecule has 202 valence electrons. The number of aliphatic hydroxyl groups is 6. The molecule has 0 aromatic heterocycles. The number of benzene rings is 2. The van der Waals surface area contributed by atoms with Crippen LogP contribution in [0.3, 0.4) is 0 Å². The van der Waals surface area contributed by atoms with Gasteiger partial charge in [0, 0.05) is 12.1 Å². The molecule has 6 nitrogen and oxygen atoms in total. The molecular weight excluding hydrogens is 498 g/mol. The molecule has 0 aliphatic rings. The van der Waals surface area contributed by atoms with E-state index in [1.165, 1.54) is 6.92 Å². The SMILES string of the molecule is CC(CCc1cc(F)cc(F)c1F)C(Cc1cc(F)cc(F)c1F)C(O)[C@@H](O)[C@@H](O)[C@H](O)[C@@H](O)CO. The van der Waals surface area contributed by atoms with Gasteiger partial charge in [0.1, 0.15) is 36.1 Å². The minimum Gasteiger partial charge on any atom is -0.394 e. The van der Waals surface area contributed by atoms with Crippen LogP contribution in [0.1, 0.15) is 24.5 Å². The third-order valence-electron chi connectivity index (χ3n) is 6.26. The van der Waals surface area contributed by atoms with Crippen LogP contribution in [0.4, 0.5) is 26.3 Å². The quantitative estimate of drug-likeness (QED) is 0.185. The van der Waals surface area contributed by atoms with Crippen molar-refractivity contribution in [2.45, 2.75) is 56.7 Å². The van der Waals surface area contributed by atoms with Gasteiger partial charge < -0.3 is 30.6 Å². The maximum absolute atomic E-state index is 14.3. The van der Waals surface area contributed by atoms with Crippen LogP contribution >= 0.6 is 0 Å². The normalized spacial score (nSPS) is 17.8. The Morgan fingerprint density at radius 3 is 1.67 bits per heavy atom. The molecule has 2 aromatic rings. The van der Waals surface area contributed by atoms with Crippen LogP contribution in [0, 0.1) is 46.7 Å². The minimum absolute atomic E-state index is 0.119. The highest BCUT2D eigenvalue weighted by molar-refractivity contribution is 5.22. The predicted molar refractivity (Wildman–Crippen MR) is 114 cm³/mol. The van der Waals surface area contributed by atoms with Crippen molar-refractivity contribution >= 4 is 0 Å². The van der Waals surface area contributed by atoms with Gasteiger partial charge in [-0.25, -0.2) is 26.3 Å². The first-order valence-corrected chi connectivity index (χ1v) is 11.1. The molecule has 0 saturated heterocycles. The fourth-order valence-electron chi connectivity index (χ4n) is 4.05. The Labute approximate surface area is 203 Å². The second-order valence-corrected chi connectivity index (χ2v) is 8.82. The van der Waals surface area contributed by atoms with E-state index >= 15 is 0 Å². The molecule has 0 spiro atoms. The number of rotatable bonds is 12. The zero-order valence-corrected chi connectivity index (χ0v) is 19.1. The molecule has 0 heterocycles. The zero-order valence-electron chi connectivity index (χ0n) is 19.1. The van der Waals surface area contributed by atoms with Gasteiger partial charge in [-0.3, -0.25) is 0 Å². The highest BCUT2D eigenvalue weighted by Gasteiger charge is 2.39. The lowest BCUT2D eigenvalue weighted by molar-refractivity contribution is -0.152. The minimum atomic E-state index is -2.21. The second-order valence-electron chi connectivity index (χ2n) is 8.82. The maximum Gasteiger partial charge on any atom is 0.162 e. The zero-order chi connectivity index (χ0) is 27.3. The Balaban J connectivity index is 2.35. The molecule has 0 radical (unpaired) electrons. The van der Waals surface area contributed by atoms with Crippen LogP contribution in [0.2, 0.25) is 0 Å². The van der Waals surface area contributed by atoms with Gasteiger partial charge in [-0.05, 0) is 54.4 Å². The van der Waals surface area contributed by atoms with Crippen LogP contribution in [-0.2, 0) is 12.8 Å². The molecule has 3 unspecified atom stereocenters. The molecule has 0 aliphatic heterocycles. The largest absolute Gasteiger partial charge is 0.394 e. The summed E-state index contributed by atoms with van der Waals surface area (Å²) in [5, 5.41) is 59.7. The predicted octanol–water partition coefficient (Wildman–Crippen LogP) is 1.75. The van der Waals surface area contributed by atoms with Crippen molar-refractivity contribution < 1.29 is 57.0 Å². The molecule has 2 aromatic carbocycles. The Morgan fingerprint density at radius 2 is 1.14 bits per heavy atom. The molecular formula is C24H28F6O6. The lowest BCUT2D eigenvalue weighted by atomic mass is 9.77. The van der Waals surface area contributed by atoms with Crippen LogP contribution < -0.4 is 0 Å². The standard InChI is InChI=1S/C24H28F6O6/c1-10(2-3-11-4-13(25)7-16(27)19(11)29)15(6-12-5-14(26)8-17(28)20(12)30)21(33)23(35)24(36)22(34)18(32)9-31/h4-5,7-8,10,15,18,21-24,31-36H,2-3,6,9H2,1H3/t10?,15?,18-,21?,22+,23+,24-/m0/s1. The highest BCUT2D eigenvalue weighted by Crippen LogP contribution is 2.31. The first kappa shape index (κ1) is 30.0.